The summed E-state index contributed by atoms with van der Waals surface area (Å²) in [5, 5.41) is 0. The Labute approximate surface area is 56.4 Å². The minimum atomic E-state index is 0.847. The van der Waals surface area contributed by atoms with Gasteiger partial charge in [-0.3, -0.25) is 4.90 Å². The topological polar surface area (TPSA) is 7.68 Å². The molecule has 2 bridgehead atoms. The Morgan fingerprint density at radius 1 is 1.67 bits per heavy atom. The standard InChI is InChI=1S/C7H14N2/c1-8-4-7-3-6(8)5-9(7)2/h6-8H,1,3-5H2,2H3/t6-,7-/m0/s1. The van der Waals surface area contributed by atoms with E-state index in [0.717, 1.165) is 12.1 Å². The van der Waals surface area contributed by atoms with Crippen molar-refractivity contribution in [2.45, 2.75) is 18.5 Å². The predicted molar refractivity (Wildman–Crippen MR) is 36.0 cm³/mol. The SMILES string of the molecule is [CH2-][NH+]1C[C@@H]2C[C@H]1CN2C. The Bertz CT molecular complexity index is 106. The Morgan fingerprint density at radius 3 is 2.78 bits per heavy atom. The molecule has 2 fully saturated rings. The van der Waals surface area contributed by atoms with Crippen LogP contribution in [0.4, 0.5) is 0 Å². The van der Waals surface area contributed by atoms with Gasteiger partial charge in [-0.05, 0) is 7.05 Å². The van der Waals surface area contributed by atoms with Crippen LogP contribution in [0.1, 0.15) is 6.42 Å². The molecule has 2 rings (SSSR count). The van der Waals surface area contributed by atoms with Crippen LogP contribution < -0.4 is 4.90 Å². The first kappa shape index (κ1) is 5.69. The number of rotatable bonds is 0. The summed E-state index contributed by atoms with van der Waals surface area (Å²) < 4.78 is 0. The van der Waals surface area contributed by atoms with Gasteiger partial charge in [0.25, 0.3) is 0 Å². The van der Waals surface area contributed by atoms with Crippen LogP contribution in [0.25, 0.3) is 0 Å². The zero-order valence-electron chi connectivity index (χ0n) is 5.93. The average molecular weight is 126 g/mol. The highest BCUT2D eigenvalue weighted by molar-refractivity contribution is 4.87. The van der Waals surface area contributed by atoms with E-state index in [0.29, 0.717) is 0 Å². The molecular weight excluding hydrogens is 112 g/mol. The third-order valence-electron chi connectivity index (χ3n) is 2.76. The van der Waals surface area contributed by atoms with Gasteiger partial charge in [0.05, 0.1) is 18.6 Å². The lowest BCUT2D eigenvalue weighted by atomic mass is 10.2. The van der Waals surface area contributed by atoms with E-state index in [1.807, 2.05) is 0 Å². The molecule has 2 aliphatic rings. The van der Waals surface area contributed by atoms with Gasteiger partial charge in [0.1, 0.15) is 0 Å². The van der Waals surface area contributed by atoms with Gasteiger partial charge in [0.2, 0.25) is 0 Å². The third-order valence-corrected chi connectivity index (χ3v) is 2.76. The molecule has 2 nitrogen and oxygen atoms in total. The molecule has 0 aromatic rings. The molecule has 0 spiro atoms. The monoisotopic (exact) mass is 126 g/mol. The minimum absolute atomic E-state index is 0.847. The molecular formula is C7H14N2. The van der Waals surface area contributed by atoms with Gasteiger partial charge in [-0.15, -0.1) is 0 Å². The van der Waals surface area contributed by atoms with Gasteiger partial charge in [0.15, 0.2) is 0 Å². The predicted octanol–water partition coefficient (Wildman–Crippen LogP) is -1.25. The molecule has 2 aliphatic heterocycles. The van der Waals surface area contributed by atoms with E-state index in [4.69, 9.17) is 0 Å². The molecule has 0 aromatic heterocycles. The molecule has 1 N–H and O–H groups in total. The summed E-state index contributed by atoms with van der Waals surface area (Å²) in [5.41, 5.74) is 0. The molecule has 2 heterocycles. The average Bonchev–Trinajstić information content (AvgIpc) is 2.24. The lowest BCUT2D eigenvalue weighted by molar-refractivity contribution is -0.871. The van der Waals surface area contributed by atoms with Gasteiger partial charge in [0, 0.05) is 13.0 Å². The van der Waals surface area contributed by atoms with E-state index >= 15 is 0 Å². The number of likely N-dealkylation sites (tertiary alicyclic amines) is 2. The highest BCUT2D eigenvalue weighted by Gasteiger charge is 2.40. The van der Waals surface area contributed by atoms with Crippen LogP contribution in [0.5, 0.6) is 0 Å². The quantitative estimate of drug-likeness (QED) is 0.398. The molecule has 0 radical (unpaired) electrons. The van der Waals surface area contributed by atoms with E-state index in [9.17, 15) is 0 Å². The maximum absolute atomic E-state index is 4.04. The number of hydrogen-bond acceptors (Lipinski definition) is 1. The van der Waals surface area contributed by atoms with Crippen molar-refractivity contribution in [3.05, 3.63) is 7.05 Å². The second-order valence-corrected chi connectivity index (χ2v) is 3.39. The molecule has 0 aliphatic carbocycles. The molecule has 0 saturated carbocycles. The van der Waals surface area contributed by atoms with Gasteiger partial charge in [-0.25, -0.2) is 0 Å². The fourth-order valence-electron chi connectivity index (χ4n) is 2.08. The number of piperazine rings is 1. The first-order chi connectivity index (χ1) is 4.27. The number of fused-ring (bicyclic) bond motifs is 2. The number of nitrogens with one attached hydrogen (secondary N) is 1. The van der Waals surface area contributed by atoms with Crippen LogP contribution in [0.15, 0.2) is 0 Å². The molecule has 52 valence electrons. The summed E-state index contributed by atoms with van der Waals surface area (Å²) in [6.07, 6.45) is 1.38. The van der Waals surface area contributed by atoms with Crippen molar-refractivity contribution in [3.8, 4) is 0 Å². The Kier molecular flexibility index (Phi) is 1.08. The van der Waals surface area contributed by atoms with Crippen molar-refractivity contribution in [1.29, 1.82) is 0 Å². The van der Waals surface area contributed by atoms with Crippen LogP contribution in [0.2, 0.25) is 0 Å². The highest BCUT2D eigenvalue weighted by Crippen LogP contribution is 2.16. The maximum atomic E-state index is 4.04. The number of likely N-dealkylation sites (N-methyl/N-ethyl adjacent to an activating group) is 1. The van der Waals surface area contributed by atoms with Crippen LogP contribution in [0, 0.1) is 7.05 Å². The lowest BCUT2D eigenvalue weighted by Crippen LogP contribution is -3.11. The third kappa shape index (κ3) is 0.700. The normalized spacial score (nSPS) is 50.7. The molecule has 2 heteroatoms. The van der Waals surface area contributed by atoms with Crippen molar-refractivity contribution in [1.82, 2.24) is 4.90 Å². The highest BCUT2D eigenvalue weighted by atomic mass is 15.3. The zero-order valence-corrected chi connectivity index (χ0v) is 5.93. The van der Waals surface area contributed by atoms with Crippen molar-refractivity contribution in [2.24, 2.45) is 0 Å². The summed E-state index contributed by atoms with van der Waals surface area (Å²) in [5.74, 6) is 0. The fraction of sp³-hybridized carbons (Fsp3) is 0.857. The summed E-state index contributed by atoms with van der Waals surface area (Å²) in [6, 6.07) is 1.70. The number of quaternary nitrogens is 1. The van der Waals surface area contributed by atoms with E-state index in [2.05, 4.69) is 19.0 Å². The van der Waals surface area contributed by atoms with Gasteiger partial charge >= 0.3 is 0 Å². The van der Waals surface area contributed by atoms with Crippen LogP contribution >= 0.6 is 0 Å². The first-order valence-corrected chi connectivity index (χ1v) is 3.65. The lowest BCUT2D eigenvalue weighted by Gasteiger charge is -2.30. The summed E-state index contributed by atoms with van der Waals surface area (Å²) in [7, 11) is 6.26. The first-order valence-electron chi connectivity index (χ1n) is 3.65. The summed E-state index contributed by atoms with van der Waals surface area (Å²) >= 11 is 0. The van der Waals surface area contributed by atoms with Crippen LogP contribution in [-0.4, -0.2) is 37.1 Å². The molecule has 0 aromatic carbocycles. The molecule has 1 unspecified atom stereocenters. The van der Waals surface area contributed by atoms with E-state index in [1.54, 1.807) is 0 Å². The van der Waals surface area contributed by atoms with Crippen LogP contribution in [-0.2, 0) is 0 Å². The second-order valence-electron chi connectivity index (χ2n) is 3.39. The van der Waals surface area contributed by atoms with Gasteiger partial charge < -0.3 is 4.90 Å². The Hall–Kier alpha value is -0.0800. The molecule has 0 amide bonds. The Balaban J connectivity index is 2.10. The number of nitrogens with zero attached hydrogens (tertiary/aromatic N) is 1. The molecule has 9 heavy (non-hydrogen) atoms. The molecule has 2 saturated heterocycles. The van der Waals surface area contributed by atoms with E-state index in [-0.39, 0.29) is 0 Å². The summed E-state index contributed by atoms with van der Waals surface area (Å²) in [6.45, 7) is 2.53. The number of hydrogen-bond donors (Lipinski definition) is 1. The van der Waals surface area contributed by atoms with Crippen molar-refractivity contribution < 1.29 is 4.90 Å². The van der Waals surface area contributed by atoms with Crippen molar-refractivity contribution in [2.75, 3.05) is 20.1 Å². The Morgan fingerprint density at radius 2 is 2.44 bits per heavy atom. The maximum Gasteiger partial charge on any atom is 0.0781 e. The van der Waals surface area contributed by atoms with Crippen LogP contribution in [0.3, 0.4) is 0 Å². The van der Waals surface area contributed by atoms with E-state index in [1.165, 1.54) is 24.4 Å². The zero-order chi connectivity index (χ0) is 6.43. The van der Waals surface area contributed by atoms with Crippen molar-refractivity contribution in [3.63, 3.8) is 0 Å². The second kappa shape index (κ2) is 1.70. The minimum Gasteiger partial charge on any atom is -0.463 e. The summed E-state index contributed by atoms with van der Waals surface area (Å²) in [4.78, 5) is 3.96. The smallest absolute Gasteiger partial charge is 0.0781 e. The molecule has 3 atom stereocenters. The largest absolute Gasteiger partial charge is 0.463 e. The van der Waals surface area contributed by atoms with Crippen molar-refractivity contribution >= 4 is 0 Å². The van der Waals surface area contributed by atoms with E-state index < -0.39 is 0 Å². The van der Waals surface area contributed by atoms with Gasteiger partial charge in [-0.1, -0.05) is 0 Å². The van der Waals surface area contributed by atoms with Gasteiger partial charge in [-0.2, -0.15) is 7.05 Å². The fourth-order valence-corrected chi connectivity index (χ4v) is 2.08.